The highest BCUT2D eigenvalue weighted by Gasteiger charge is 2.28. The number of carbonyl (C=O) groups excluding carboxylic acids is 1. The molecule has 0 bridgehead atoms. The second-order valence-electron chi connectivity index (χ2n) is 13.5. The molecule has 262 valence electrons. The van der Waals surface area contributed by atoms with E-state index in [0.29, 0.717) is 43.1 Å². The molecular formula is C39H39F2N7O3. The zero-order valence-corrected chi connectivity index (χ0v) is 28.5. The Morgan fingerprint density at radius 3 is 2.47 bits per heavy atom. The molecule has 1 saturated carbocycles. The second-order valence-corrected chi connectivity index (χ2v) is 13.5. The van der Waals surface area contributed by atoms with Crippen LogP contribution < -0.4 is 21.9 Å². The normalized spacial score (nSPS) is 16.3. The van der Waals surface area contributed by atoms with Crippen LogP contribution in [-0.4, -0.2) is 48.0 Å². The van der Waals surface area contributed by atoms with Gasteiger partial charge in [0.25, 0.3) is 11.5 Å². The lowest BCUT2D eigenvalue weighted by atomic mass is 9.90. The van der Waals surface area contributed by atoms with Crippen LogP contribution in [0.3, 0.4) is 0 Å². The van der Waals surface area contributed by atoms with E-state index in [1.165, 1.54) is 43.6 Å². The quantitative estimate of drug-likeness (QED) is 0.171. The van der Waals surface area contributed by atoms with Crippen molar-refractivity contribution in [3.05, 3.63) is 129 Å². The van der Waals surface area contributed by atoms with Crippen LogP contribution in [0.5, 0.6) is 0 Å². The van der Waals surface area contributed by atoms with Crippen molar-refractivity contribution in [1.29, 1.82) is 0 Å². The van der Waals surface area contributed by atoms with Gasteiger partial charge in [0.05, 0.1) is 17.3 Å². The molecule has 4 aromatic heterocycles. The summed E-state index contributed by atoms with van der Waals surface area (Å²) in [6, 6.07) is 19.5. The van der Waals surface area contributed by atoms with Crippen molar-refractivity contribution in [2.24, 2.45) is 0 Å². The third kappa shape index (κ3) is 7.23. The summed E-state index contributed by atoms with van der Waals surface area (Å²) < 4.78 is 32.2. The van der Waals surface area contributed by atoms with Gasteiger partial charge >= 0.3 is 5.69 Å². The molecule has 1 aliphatic carbocycles. The minimum Gasteiger partial charge on any atom is -0.348 e. The molecule has 0 spiro atoms. The molecule has 51 heavy (non-hydrogen) atoms. The summed E-state index contributed by atoms with van der Waals surface area (Å²) in [5.74, 6) is -1.50. The Morgan fingerprint density at radius 2 is 1.71 bits per heavy atom. The number of imidazole rings is 1. The number of nitrogens with one attached hydrogen (secondary N) is 2. The predicted molar refractivity (Wildman–Crippen MR) is 192 cm³/mol. The van der Waals surface area contributed by atoms with Crippen molar-refractivity contribution < 1.29 is 13.6 Å². The number of aromatic nitrogens is 5. The molecule has 1 amide bonds. The minimum absolute atomic E-state index is 0.00928. The van der Waals surface area contributed by atoms with Crippen LogP contribution in [-0.2, 0) is 6.42 Å². The standard InChI is InChI=1S/C39H39F2N7O3/c1-24(2)42-18-4-5-25-8-10-26(11-9-25)27-6-3-7-32(19-27)47-36-33(20-29(41)21-43-36)38(50)48(39(47)51)31-15-13-30(14-16-31)44-37(49)34-23-46-22-28(40)12-17-35(46)45-34/h3,6-12,17,19-24,30-31,42H,4-5,13-16,18H2,1-2H3,(H,44,49). The van der Waals surface area contributed by atoms with Gasteiger partial charge in [-0.1, -0.05) is 50.2 Å². The number of hydrogen-bond donors (Lipinski definition) is 2. The molecule has 4 heterocycles. The number of halogens is 2. The topological polar surface area (TPSA) is 115 Å². The van der Waals surface area contributed by atoms with Gasteiger partial charge in [0, 0.05) is 30.5 Å². The number of carbonyl (C=O) groups is 1. The Hall–Kier alpha value is -5.49. The Bertz CT molecular complexity index is 2340. The number of fused-ring (bicyclic) bond motifs is 2. The van der Waals surface area contributed by atoms with Gasteiger partial charge in [-0.15, -0.1) is 0 Å². The summed E-state index contributed by atoms with van der Waals surface area (Å²) >= 11 is 0. The fourth-order valence-corrected chi connectivity index (χ4v) is 6.92. The van der Waals surface area contributed by atoms with Crippen LogP contribution in [0.1, 0.15) is 68.0 Å². The lowest BCUT2D eigenvalue weighted by Gasteiger charge is -2.30. The second kappa shape index (κ2) is 14.4. The van der Waals surface area contributed by atoms with Crippen molar-refractivity contribution in [1.82, 2.24) is 34.1 Å². The van der Waals surface area contributed by atoms with E-state index in [2.05, 4.69) is 58.7 Å². The van der Waals surface area contributed by atoms with Crippen molar-refractivity contribution in [3.63, 3.8) is 0 Å². The molecule has 0 saturated heterocycles. The molecule has 0 unspecified atom stereocenters. The van der Waals surface area contributed by atoms with Gasteiger partial charge in [0.2, 0.25) is 0 Å². The third-order valence-corrected chi connectivity index (χ3v) is 9.52. The summed E-state index contributed by atoms with van der Waals surface area (Å²) in [5.41, 5.74) is 3.14. The molecule has 7 rings (SSSR count). The van der Waals surface area contributed by atoms with Gasteiger partial charge in [-0.2, -0.15) is 0 Å². The van der Waals surface area contributed by atoms with Gasteiger partial charge in [-0.3, -0.25) is 14.2 Å². The number of benzene rings is 2. The zero-order chi connectivity index (χ0) is 35.6. The summed E-state index contributed by atoms with van der Waals surface area (Å²) in [5, 5.41) is 6.44. The molecule has 1 fully saturated rings. The molecule has 1 aliphatic rings. The number of amides is 1. The summed E-state index contributed by atoms with van der Waals surface area (Å²) in [4.78, 5) is 49.6. The van der Waals surface area contributed by atoms with Gasteiger partial charge in [-0.05, 0) is 92.1 Å². The first-order chi connectivity index (χ1) is 24.6. The molecular weight excluding hydrogens is 652 g/mol. The van der Waals surface area contributed by atoms with Gasteiger partial charge in [-0.25, -0.2) is 28.1 Å². The molecule has 12 heteroatoms. The lowest BCUT2D eigenvalue weighted by Crippen LogP contribution is -2.45. The molecule has 2 aromatic carbocycles. The fraction of sp³-hybridized carbons (Fsp3) is 0.308. The fourth-order valence-electron chi connectivity index (χ4n) is 6.92. The highest BCUT2D eigenvalue weighted by Crippen LogP contribution is 2.29. The molecule has 0 radical (unpaired) electrons. The average Bonchev–Trinajstić information content (AvgIpc) is 3.55. The highest BCUT2D eigenvalue weighted by molar-refractivity contribution is 5.93. The van der Waals surface area contributed by atoms with Crippen LogP contribution in [0.25, 0.3) is 33.5 Å². The monoisotopic (exact) mass is 691 g/mol. The molecule has 6 aromatic rings. The van der Waals surface area contributed by atoms with E-state index >= 15 is 0 Å². The Morgan fingerprint density at radius 1 is 0.922 bits per heavy atom. The third-order valence-electron chi connectivity index (χ3n) is 9.52. The Labute approximate surface area is 292 Å². The summed E-state index contributed by atoms with van der Waals surface area (Å²) in [6.45, 7) is 5.22. The maximum Gasteiger partial charge on any atom is 0.337 e. The number of aryl methyl sites for hydroxylation is 1. The van der Waals surface area contributed by atoms with Gasteiger partial charge < -0.3 is 15.0 Å². The first-order valence-corrected chi connectivity index (χ1v) is 17.4. The van der Waals surface area contributed by atoms with Crippen molar-refractivity contribution >= 4 is 22.6 Å². The van der Waals surface area contributed by atoms with E-state index in [9.17, 15) is 23.2 Å². The Kier molecular flexibility index (Phi) is 9.59. The number of rotatable bonds is 10. The minimum atomic E-state index is -0.675. The zero-order valence-electron chi connectivity index (χ0n) is 28.5. The SMILES string of the molecule is CC(C)NCCCc1ccc(-c2cccc(-n3c(=O)n(C4CCC(NC(=O)c5cn6cc(F)ccc6n5)CC4)c(=O)c4cc(F)cnc43)c2)cc1. The maximum absolute atomic E-state index is 14.5. The van der Waals surface area contributed by atoms with E-state index < -0.39 is 28.9 Å². The van der Waals surface area contributed by atoms with Crippen molar-refractivity contribution in [2.45, 2.75) is 70.5 Å². The van der Waals surface area contributed by atoms with Crippen LogP contribution in [0.2, 0.25) is 0 Å². The van der Waals surface area contributed by atoms with E-state index in [-0.39, 0.29) is 28.7 Å². The highest BCUT2D eigenvalue weighted by atomic mass is 19.1. The first-order valence-electron chi connectivity index (χ1n) is 17.4. The largest absolute Gasteiger partial charge is 0.348 e. The van der Waals surface area contributed by atoms with Gasteiger partial charge in [0.15, 0.2) is 5.65 Å². The van der Waals surface area contributed by atoms with Crippen LogP contribution >= 0.6 is 0 Å². The van der Waals surface area contributed by atoms with E-state index in [4.69, 9.17) is 0 Å². The van der Waals surface area contributed by atoms with Crippen molar-refractivity contribution in [2.75, 3.05) is 6.54 Å². The van der Waals surface area contributed by atoms with E-state index in [1.54, 1.807) is 6.07 Å². The number of nitrogens with zero attached hydrogens (tertiary/aromatic N) is 5. The lowest BCUT2D eigenvalue weighted by molar-refractivity contribution is 0.0917. The summed E-state index contributed by atoms with van der Waals surface area (Å²) in [6.07, 6.45) is 7.61. The number of pyridine rings is 2. The van der Waals surface area contributed by atoms with Crippen LogP contribution in [0, 0.1) is 11.6 Å². The molecule has 2 N–H and O–H groups in total. The predicted octanol–water partition coefficient (Wildman–Crippen LogP) is 5.98. The van der Waals surface area contributed by atoms with Crippen molar-refractivity contribution in [3.8, 4) is 16.8 Å². The average molecular weight is 692 g/mol. The van der Waals surface area contributed by atoms with Crippen LogP contribution in [0.15, 0.2) is 94.9 Å². The smallest absolute Gasteiger partial charge is 0.337 e. The van der Waals surface area contributed by atoms with Gasteiger partial charge in [0.1, 0.15) is 23.0 Å². The Balaban J connectivity index is 1.13. The first kappa shape index (κ1) is 34.0. The molecule has 10 nitrogen and oxygen atoms in total. The maximum atomic E-state index is 14.5. The molecule has 0 aliphatic heterocycles. The molecule has 0 atom stereocenters. The van der Waals surface area contributed by atoms with E-state index in [0.717, 1.165) is 42.8 Å². The summed E-state index contributed by atoms with van der Waals surface area (Å²) in [7, 11) is 0. The van der Waals surface area contributed by atoms with E-state index in [1.807, 2.05) is 18.2 Å². The number of hydrogen-bond acceptors (Lipinski definition) is 6. The van der Waals surface area contributed by atoms with Crippen LogP contribution in [0.4, 0.5) is 8.78 Å².